The van der Waals surface area contributed by atoms with Gasteiger partial charge in [-0.05, 0) is 93.5 Å². The molecule has 0 radical (unpaired) electrons. The third-order valence-corrected chi connectivity index (χ3v) is 14.7. The van der Waals surface area contributed by atoms with E-state index in [-0.39, 0.29) is 0 Å². The zero-order chi connectivity index (χ0) is 42.2. The Hall–Kier alpha value is -7.98. The minimum atomic E-state index is -0.505. The zero-order valence-corrected chi connectivity index (χ0v) is 35.7. The molecular weight excluding hydrogens is 793 g/mol. The molecule has 1 aliphatic rings. The van der Waals surface area contributed by atoms with Crippen LogP contribution in [0.5, 0.6) is 0 Å². The lowest BCUT2D eigenvalue weighted by molar-refractivity contribution is 0.768. The van der Waals surface area contributed by atoms with Crippen molar-refractivity contribution in [2.75, 3.05) is 4.90 Å². The molecule has 0 saturated carbocycles. The van der Waals surface area contributed by atoms with E-state index < -0.39 is 5.41 Å². The number of nitrogens with zero attached hydrogens (tertiary/aromatic N) is 2. The SMILES string of the molecule is c1ccc(C2(c3ccccc3)c3ccccc3-c3c(N(c4ccc(-c5ccc(-n6c7ccccc7c7ccccc76)cc5)cc4)c4cccc5c4sc4ccccc45)cccc32)cc1. The first-order chi connectivity index (χ1) is 31.8. The van der Waals surface area contributed by atoms with Crippen molar-refractivity contribution in [1.29, 1.82) is 0 Å². The molecule has 0 aliphatic heterocycles. The highest BCUT2D eigenvalue weighted by Gasteiger charge is 2.47. The molecule has 0 amide bonds. The van der Waals surface area contributed by atoms with E-state index in [9.17, 15) is 0 Å². The Morgan fingerprint density at radius 2 is 0.891 bits per heavy atom. The summed E-state index contributed by atoms with van der Waals surface area (Å²) in [5, 5.41) is 5.11. The van der Waals surface area contributed by atoms with E-state index in [0.717, 1.165) is 17.1 Å². The summed E-state index contributed by atoms with van der Waals surface area (Å²) in [6.07, 6.45) is 0. The largest absolute Gasteiger partial charge is 0.309 e. The summed E-state index contributed by atoms with van der Waals surface area (Å²) in [5.74, 6) is 0. The average Bonchev–Trinajstić information content (AvgIpc) is 4.02. The number of aromatic nitrogens is 1. The van der Waals surface area contributed by atoms with E-state index in [2.05, 4.69) is 252 Å². The average molecular weight is 833 g/mol. The molecule has 2 aromatic heterocycles. The van der Waals surface area contributed by atoms with Gasteiger partial charge in [0, 0.05) is 43.2 Å². The Kier molecular flexibility index (Phi) is 8.34. The number of para-hydroxylation sites is 2. The first-order valence-corrected chi connectivity index (χ1v) is 22.8. The summed E-state index contributed by atoms with van der Waals surface area (Å²) in [6.45, 7) is 0. The highest BCUT2D eigenvalue weighted by Crippen LogP contribution is 2.60. The lowest BCUT2D eigenvalue weighted by Gasteiger charge is -2.34. The van der Waals surface area contributed by atoms with Gasteiger partial charge in [0.15, 0.2) is 0 Å². The maximum Gasteiger partial charge on any atom is 0.0714 e. The smallest absolute Gasteiger partial charge is 0.0714 e. The van der Waals surface area contributed by atoms with E-state index in [1.807, 2.05) is 11.3 Å². The van der Waals surface area contributed by atoms with Gasteiger partial charge in [-0.3, -0.25) is 0 Å². The van der Waals surface area contributed by atoms with Gasteiger partial charge in [-0.1, -0.05) is 188 Å². The van der Waals surface area contributed by atoms with Gasteiger partial charge >= 0.3 is 0 Å². The van der Waals surface area contributed by atoms with E-state index >= 15 is 0 Å². The van der Waals surface area contributed by atoms with E-state index in [1.165, 1.54) is 92.2 Å². The molecule has 1 aliphatic carbocycles. The van der Waals surface area contributed by atoms with Gasteiger partial charge in [0.25, 0.3) is 0 Å². The molecule has 2 nitrogen and oxygen atoms in total. The van der Waals surface area contributed by atoms with Gasteiger partial charge < -0.3 is 9.47 Å². The Balaban J connectivity index is 0.997. The van der Waals surface area contributed by atoms with Crippen molar-refractivity contribution in [3.63, 3.8) is 0 Å². The van der Waals surface area contributed by atoms with Gasteiger partial charge in [-0.2, -0.15) is 0 Å². The van der Waals surface area contributed by atoms with Crippen LogP contribution < -0.4 is 4.90 Å². The van der Waals surface area contributed by atoms with Crippen LogP contribution in [-0.4, -0.2) is 4.57 Å². The van der Waals surface area contributed by atoms with Crippen molar-refractivity contribution in [1.82, 2.24) is 4.57 Å². The lowest BCUT2D eigenvalue weighted by atomic mass is 9.68. The minimum absolute atomic E-state index is 0.505. The fourth-order valence-electron chi connectivity index (χ4n) is 10.8. The van der Waals surface area contributed by atoms with Crippen LogP contribution in [0.1, 0.15) is 22.3 Å². The van der Waals surface area contributed by atoms with Crippen LogP contribution in [0.4, 0.5) is 17.1 Å². The zero-order valence-electron chi connectivity index (χ0n) is 34.9. The Morgan fingerprint density at radius 3 is 1.58 bits per heavy atom. The van der Waals surface area contributed by atoms with E-state index in [0.29, 0.717) is 0 Å². The fourth-order valence-corrected chi connectivity index (χ4v) is 12.0. The quantitative estimate of drug-likeness (QED) is 0.155. The van der Waals surface area contributed by atoms with Crippen molar-refractivity contribution in [3.05, 3.63) is 265 Å². The summed E-state index contributed by atoms with van der Waals surface area (Å²) in [5.41, 5.74) is 16.5. The number of hydrogen-bond donors (Lipinski definition) is 0. The molecule has 2 heterocycles. The molecule has 10 aromatic carbocycles. The standard InChI is InChI=1S/C61H40N2S/c1-3-17-43(18-4-1)61(44-19-5-2-6-20-44)52-26-11-7-24-51(52)59-53(61)27-16-30-56(59)63(57-31-15-25-50-49-23-10-14-32-58(49)64-60(50)57)46-39-35-42(36-40-46)41-33-37-45(38-34-41)62-54-28-12-8-21-47(54)48-22-9-13-29-55(48)62/h1-40H. The van der Waals surface area contributed by atoms with Crippen LogP contribution in [0, 0.1) is 0 Å². The number of benzene rings is 10. The second-order valence-corrected chi connectivity index (χ2v) is 17.8. The second-order valence-electron chi connectivity index (χ2n) is 16.8. The fraction of sp³-hybridized carbons (Fsp3) is 0.0164. The molecule has 300 valence electrons. The van der Waals surface area contributed by atoms with Crippen molar-refractivity contribution in [3.8, 4) is 27.9 Å². The second kappa shape index (κ2) is 14.6. The maximum atomic E-state index is 2.52. The summed E-state index contributed by atoms with van der Waals surface area (Å²) >= 11 is 1.88. The van der Waals surface area contributed by atoms with Crippen molar-refractivity contribution < 1.29 is 0 Å². The molecule has 0 N–H and O–H groups in total. The molecule has 64 heavy (non-hydrogen) atoms. The van der Waals surface area contributed by atoms with Crippen LogP contribution in [-0.2, 0) is 5.41 Å². The number of thiophene rings is 1. The van der Waals surface area contributed by atoms with E-state index in [4.69, 9.17) is 0 Å². The molecule has 0 saturated heterocycles. The molecule has 0 bridgehead atoms. The first kappa shape index (κ1) is 36.7. The van der Waals surface area contributed by atoms with Gasteiger partial charge in [0.2, 0.25) is 0 Å². The molecular formula is C61H40N2S. The van der Waals surface area contributed by atoms with Crippen LogP contribution in [0.3, 0.4) is 0 Å². The van der Waals surface area contributed by atoms with E-state index in [1.54, 1.807) is 0 Å². The molecule has 0 fully saturated rings. The Bertz CT molecular complexity index is 3620. The van der Waals surface area contributed by atoms with Crippen molar-refractivity contribution in [2.45, 2.75) is 5.41 Å². The monoisotopic (exact) mass is 832 g/mol. The molecule has 0 spiro atoms. The van der Waals surface area contributed by atoms with Crippen molar-refractivity contribution in [2.24, 2.45) is 0 Å². The number of fused-ring (bicyclic) bond motifs is 9. The summed E-state index contributed by atoms with van der Waals surface area (Å²) < 4.78 is 4.94. The predicted octanol–water partition coefficient (Wildman–Crippen LogP) is 16.7. The predicted molar refractivity (Wildman–Crippen MR) is 271 cm³/mol. The van der Waals surface area contributed by atoms with Crippen LogP contribution in [0.25, 0.3) is 69.9 Å². The third kappa shape index (κ3) is 5.38. The summed E-state index contributed by atoms with van der Waals surface area (Å²) in [7, 11) is 0. The highest BCUT2D eigenvalue weighted by atomic mass is 32.1. The van der Waals surface area contributed by atoms with Gasteiger partial charge in [0.05, 0.1) is 32.5 Å². The lowest BCUT2D eigenvalue weighted by Crippen LogP contribution is -2.28. The number of hydrogen-bond acceptors (Lipinski definition) is 2. The third-order valence-electron chi connectivity index (χ3n) is 13.5. The van der Waals surface area contributed by atoms with Gasteiger partial charge in [-0.25, -0.2) is 0 Å². The molecule has 3 heteroatoms. The highest BCUT2D eigenvalue weighted by molar-refractivity contribution is 7.26. The van der Waals surface area contributed by atoms with Crippen molar-refractivity contribution >= 4 is 70.4 Å². The summed E-state index contributed by atoms with van der Waals surface area (Å²) in [6, 6.07) is 89.5. The number of anilines is 3. The van der Waals surface area contributed by atoms with Gasteiger partial charge in [-0.15, -0.1) is 11.3 Å². The molecule has 0 unspecified atom stereocenters. The topological polar surface area (TPSA) is 8.17 Å². The first-order valence-electron chi connectivity index (χ1n) is 22.0. The normalized spacial score (nSPS) is 12.8. The van der Waals surface area contributed by atoms with Crippen LogP contribution in [0.2, 0.25) is 0 Å². The minimum Gasteiger partial charge on any atom is -0.309 e. The summed E-state index contributed by atoms with van der Waals surface area (Å²) in [4.78, 5) is 2.52. The maximum absolute atomic E-state index is 2.52. The molecule has 12 aromatic rings. The Labute approximate surface area is 376 Å². The number of rotatable bonds is 7. The van der Waals surface area contributed by atoms with Crippen LogP contribution >= 0.6 is 11.3 Å². The Morgan fingerprint density at radius 1 is 0.375 bits per heavy atom. The molecule has 0 atom stereocenters. The van der Waals surface area contributed by atoms with Crippen LogP contribution in [0.15, 0.2) is 243 Å². The van der Waals surface area contributed by atoms with Gasteiger partial charge in [0.1, 0.15) is 0 Å². The molecule has 13 rings (SSSR count).